The molecule has 1 N–H and O–H groups in total. The summed E-state index contributed by atoms with van der Waals surface area (Å²) in [6.45, 7) is 3.87. The van der Waals surface area contributed by atoms with Crippen LogP contribution in [-0.2, 0) is 19.1 Å². The quantitative estimate of drug-likeness (QED) is 0.195. The highest BCUT2D eigenvalue weighted by molar-refractivity contribution is 6.30. The van der Waals surface area contributed by atoms with E-state index in [9.17, 15) is 9.59 Å². The number of ether oxygens (including phenoxy) is 2. The molecular formula is C37H31Cl2N3O4. The minimum Gasteiger partial charge on any atom is -0.463 e. The maximum Gasteiger partial charge on any atom is 0.338 e. The van der Waals surface area contributed by atoms with E-state index in [4.69, 9.17) is 37.7 Å². The number of benzene rings is 4. The fraction of sp³-hybridized carbons (Fsp3) is 0.162. The molecule has 2 heterocycles. The highest BCUT2D eigenvalue weighted by Crippen LogP contribution is 2.49. The molecule has 2 atom stereocenters. The van der Waals surface area contributed by atoms with E-state index in [1.54, 1.807) is 38.1 Å². The summed E-state index contributed by atoms with van der Waals surface area (Å²) in [4.78, 5) is 35.2. The number of nitrogens with one attached hydrogen (secondary N) is 1. The van der Waals surface area contributed by atoms with E-state index < -0.39 is 24.0 Å². The van der Waals surface area contributed by atoms with Crippen molar-refractivity contribution in [2.45, 2.75) is 25.9 Å². The summed E-state index contributed by atoms with van der Waals surface area (Å²) in [6, 6.07) is 32.2. The molecule has 0 amide bonds. The topological polar surface area (TPSA) is 80.2 Å². The predicted molar refractivity (Wildman–Crippen MR) is 181 cm³/mol. The molecule has 7 nitrogen and oxygen atoms in total. The number of guanidine groups is 1. The average molecular weight is 653 g/mol. The van der Waals surface area contributed by atoms with Gasteiger partial charge in [-0.05, 0) is 54.8 Å². The van der Waals surface area contributed by atoms with Crippen LogP contribution < -0.4 is 5.32 Å². The Morgan fingerprint density at radius 1 is 0.674 bits per heavy atom. The molecule has 46 heavy (non-hydrogen) atoms. The molecule has 9 heteroatoms. The fourth-order valence-electron chi connectivity index (χ4n) is 5.87. The third kappa shape index (κ3) is 6.04. The Morgan fingerprint density at radius 2 is 1.13 bits per heavy atom. The molecule has 0 fully saturated rings. The Kier molecular flexibility index (Phi) is 9.24. The first-order valence-corrected chi connectivity index (χ1v) is 15.7. The zero-order chi connectivity index (χ0) is 32.2. The van der Waals surface area contributed by atoms with Gasteiger partial charge in [-0.15, -0.1) is 0 Å². The molecule has 0 bridgehead atoms. The molecule has 2 unspecified atom stereocenters. The number of hydrogen-bond donors (Lipinski definition) is 1. The molecule has 232 valence electrons. The van der Waals surface area contributed by atoms with Gasteiger partial charge >= 0.3 is 11.9 Å². The van der Waals surface area contributed by atoms with E-state index in [0.717, 1.165) is 22.3 Å². The van der Waals surface area contributed by atoms with E-state index in [1.165, 1.54) is 0 Å². The Balaban J connectivity index is 1.71. The van der Waals surface area contributed by atoms with Gasteiger partial charge in [0, 0.05) is 15.6 Å². The van der Waals surface area contributed by atoms with Gasteiger partial charge in [0.1, 0.15) is 0 Å². The Morgan fingerprint density at radius 3 is 1.63 bits per heavy atom. The highest BCUT2D eigenvalue weighted by Gasteiger charge is 2.48. The molecule has 0 saturated heterocycles. The van der Waals surface area contributed by atoms with Crippen molar-refractivity contribution in [2.24, 2.45) is 4.99 Å². The van der Waals surface area contributed by atoms with Crippen molar-refractivity contribution >= 4 is 52.5 Å². The lowest BCUT2D eigenvalue weighted by atomic mass is 9.85. The van der Waals surface area contributed by atoms with Crippen molar-refractivity contribution in [1.82, 2.24) is 10.2 Å². The SMILES string of the molecule is CCOC(=O)C1=C(c2ccccc2)N=C2NC(c3ccccc3)=C(C(=O)OCC)C(c3ccc(Cl)cc3)N2C1c1ccc(Cl)cc1. The maximum atomic E-state index is 14.1. The van der Waals surface area contributed by atoms with Gasteiger partial charge in [-0.1, -0.05) is 108 Å². The van der Waals surface area contributed by atoms with Gasteiger partial charge in [-0.25, -0.2) is 14.6 Å². The van der Waals surface area contributed by atoms with Crippen LogP contribution in [0.3, 0.4) is 0 Å². The molecule has 6 rings (SSSR count). The van der Waals surface area contributed by atoms with Crippen LogP contribution >= 0.6 is 23.2 Å². The maximum absolute atomic E-state index is 14.1. The second-order valence-electron chi connectivity index (χ2n) is 10.6. The summed E-state index contributed by atoms with van der Waals surface area (Å²) in [5.74, 6) is -0.577. The third-order valence-corrected chi connectivity index (χ3v) is 8.30. The Labute approximate surface area is 277 Å². The second-order valence-corrected chi connectivity index (χ2v) is 11.5. The first kappa shape index (κ1) is 31.1. The number of carbonyl (C=O) groups is 2. The van der Waals surface area contributed by atoms with E-state index in [1.807, 2.05) is 89.8 Å². The van der Waals surface area contributed by atoms with Gasteiger partial charge in [-0.3, -0.25) is 0 Å². The van der Waals surface area contributed by atoms with Crippen molar-refractivity contribution in [3.8, 4) is 0 Å². The fourth-order valence-corrected chi connectivity index (χ4v) is 6.12. The van der Waals surface area contributed by atoms with Gasteiger partial charge in [0.25, 0.3) is 0 Å². The van der Waals surface area contributed by atoms with Crippen LogP contribution in [0.4, 0.5) is 0 Å². The molecule has 0 spiro atoms. The molecule has 4 aromatic rings. The van der Waals surface area contributed by atoms with Crippen molar-refractivity contribution < 1.29 is 19.1 Å². The van der Waals surface area contributed by atoms with Crippen LogP contribution in [0.15, 0.2) is 125 Å². The minimum absolute atomic E-state index is 0.166. The van der Waals surface area contributed by atoms with Crippen molar-refractivity contribution in [2.75, 3.05) is 13.2 Å². The molecule has 0 radical (unpaired) electrons. The van der Waals surface area contributed by atoms with Crippen molar-refractivity contribution in [1.29, 1.82) is 0 Å². The van der Waals surface area contributed by atoms with Crippen LogP contribution in [0.2, 0.25) is 10.0 Å². The number of esters is 2. The summed E-state index contributed by atoms with van der Waals surface area (Å²) in [5, 5.41) is 4.58. The molecule has 0 saturated carbocycles. The minimum atomic E-state index is -0.756. The van der Waals surface area contributed by atoms with Gasteiger partial charge in [0.2, 0.25) is 5.96 Å². The van der Waals surface area contributed by atoms with Crippen LogP contribution in [-0.4, -0.2) is 36.0 Å². The monoisotopic (exact) mass is 651 g/mol. The number of aliphatic imine (C=N–C) groups is 1. The Hall–Kier alpha value is -4.85. The standard InChI is InChI=1S/C37H31Cl2N3O4/c1-3-45-35(43)29-31(23-11-7-5-8-12-23)40-37-41-32(24-13-9-6-10-14-24)30(36(44)46-4-2)34(26-17-21-28(39)22-18-26)42(37)33(29)25-15-19-27(38)20-16-25/h5-22,33-34H,3-4H2,1-2H3,(H,40,41). The van der Waals surface area contributed by atoms with Crippen LogP contribution in [0, 0.1) is 0 Å². The number of fused-ring (bicyclic) bond motifs is 1. The lowest BCUT2D eigenvalue weighted by Crippen LogP contribution is -2.53. The lowest BCUT2D eigenvalue weighted by molar-refractivity contribution is -0.139. The molecule has 0 aromatic heterocycles. The van der Waals surface area contributed by atoms with Crippen LogP contribution in [0.5, 0.6) is 0 Å². The highest BCUT2D eigenvalue weighted by atomic mass is 35.5. The first-order chi connectivity index (χ1) is 22.4. The molecule has 4 aromatic carbocycles. The molecular weight excluding hydrogens is 621 g/mol. The molecule has 0 aliphatic carbocycles. The predicted octanol–water partition coefficient (Wildman–Crippen LogP) is 8.00. The van der Waals surface area contributed by atoms with E-state index in [-0.39, 0.29) is 13.2 Å². The van der Waals surface area contributed by atoms with Gasteiger partial charge in [0.15, 0.2) is 0 Å². The van der Waals surface area contributed by atoms with Gasteiger partial charge in [0.05, 0.1) is 47.8 Å². The summed E-state index contributed by atoms with van der Waals surface area (Å²) >= 11 is 12.7. The van der Waals surface area contributed by atoms with Crippen molar-refractivity contribution in [3.05, 3.63) is 153 Å². The Bertz CT molecular complexity index is 1840. The third-order valence-electron chi connectivity index (χ3n) is 7.80. The first-order valence-electron chi connectivity index (χ1n) is 15.0. The number of carbonyl (C=O) groups excluding carboxylic acids is 2. The normalized spacial score (nSPS) is 17.6. The number of rotatable bonds is 8. The lowest BCUT2D eigenvalue weighted by Gasteiger charge is -2.47. The summed E-state index contributed by atoms with van der Waals surface area (Å²) < 4.78 is 11.4. The number of hydrogen-bond acceptors (Lipinski definition) is 7. The largest absolute Gasteiger partial charge is 0.463 e. The van der Waals surface area contributed by atoms with Crippen molar-refractivity contribution in [3.63, 3.8) is 0 Å². The van der Waals surface area contributed by atoms with Crippen LogP contribution in [0.1, 0.15) is 48.2 Å². The van der Waals surface area contributed by atoms with E-state index in [2.05, 4.69) is 5.32 Å². The second kappa shape index (κ2) is 13.6. The summed E-state index contributed by atoms with van der Waals surface area (Å²) in [5.41, 5.74) is 4.71. The smallest absolute Gasteiger partial charge is 0.338 e. The van der Waals surface area contributed by atoms with Gasteiger partial charge in [-0.2, -0.15) is 0 Å². The molecule has 2 aliphatic rings. The van der Waals surface area contributed by atoms with E-state index in [0.29, 0.717) is 38.5 Å². The summed E-state index contributed by atoms with van der Waals surface area (Å²) in [7, 11) is 0. The molecule has 2 aliphatic heterocycles. The zero-order valence-electron chi connectivity index (χ0n) is 25.2. The zero-order valence-corrected chi connectivity index (χ0v) is 26.8. The number of nitrogens with zero attached hydrogens (tertiary/aromatic N) is 2. The van der Waals surface area contributed by atoms with Crippen LogP contribution in [0.25, 0.3) is 11.4 Å². The number of halogens is 2. The van der Waals surface area contributed by atoms with Gasteiger partial charge < -0.3 is 19.7 Å². The van der Waals surface area contributed by atoms with E-state index >= 15 is 0 Å². The summed E-state index contributed by atoms with van der Waals surface area (Å²) in [6.07, 6.45) is 0. The average Bonchev–Trinajstić information content (AvgIpc) is 3.08.